The minimum absolute atomic E-state index is 0.152. The summed E-state index contributed by atoms with van der Waals surface area (Å²) in [6, 6.07) is 3.47. The van der Waals surface area contributed by atoms with Gasteiger partial charge >= 0.3 is 0 Å². The van der Waals surface area contributed by atoms with E-state index in [9.17, 15) is 13.6 Å². The molecule has 0 saturated heterocycles. The maximum atomic E-state index is 13.3. The molecule has 2 N–H and O–H groups in total. The van der Waals surface area contributed by atoms with Crippen molar-refractivity contribution >= 4 is 5.91 Å². The molecule has 0 spiro atoms. The first-order valence-electron chi connectivity index (χ1n) is 6.47. The number of aryl methyl sites for hydroxylation is 1. The average molecular weight is 270 g/mol. The Morgan fingerprint density at radius 1 is 1.37 bits per heavy atom. The molecule has 0 aliphatic heterocycles. The molecule has 0 bridgehead atoms. The predicted octanol–water partition coefficient (Wildman–Crippen LogP) is 2.01. The van der Waals surface area contributed by atoms with Gasteiger partial charge in [-0.1, -0.05) is 6.92 Å². The zero-order chi connectivity index (χ0) is 14.3. The quantitative estimate of drug-likeness (QED) is 0.796. The van der Waals surface area contributed by atoms with E-state index in [1.54, 1.807) is 0 Å². The van der Waals surface area contributed by atoms with Gasteiger partial charge in [-0.05, 0) is 43.7 Å². The second kappa shape index (κ2) is 7.84. The molecule has 0 fully saturated rings. The van der Waals surface area contributed by atoms with Crippen molar-refractivity contribution in [2.45, 2.75) is 32.7 Å². The molecule has 1 atom stereocenters. The Bertz CT molecular complexity index is 424. The summed E-state index contributed by atoms with van der Waals surface area (Å²) in [5.41, 5.74) is 0.231. The Kier molecular flexibility index (Phi) is 6.42. The molecule has 106 valence electrons. The smallest absolute Gasteiger partial charge is 0.220 e. The van der Waals surface area contributed by atoms with Crippen molar-refractivity contribution in [2.75, 3.05) is 13.1 Å². The summed E-state index contributed by atoms with van der Waals surface area (Å²) in [5.74, 6) is -1.12. The third-order valence-electron chi connectivity index (χ3n) is 2.79. The molecular formula is C14H20F2N2O. The number of hydrogen-bond acceptors (Lipinski definition) is 2. The van der Waals surface area contributed by atoms with Crippen LogP contribution in [-0.2, 0) is 11.2 Å². The SMILES string of the molecule is CCN[C@H](C)CNC(=O)CCc1cc(F)ccc1F. The summed E-state index contributed by atoms with van der Waals surface area (Å²) in [6.07, 6.45) is 0.351. The fourth-order valence-corrected chi connectivity index (χ4v) is 1.76. The predicted molar refractivity (Wildman–Crippen MR) is 70.8 cm³/mol. The van der Waals surface area contributed by atoms with E-state index in [1.807, 2.05) is 13.8 Å². The molecule has 0 saturated carbocycles. The van der Waals surface area contributed by atoms with E-state index in [0.717, 1.165) is 24.7 Å². The lowest BCUT2D eigenvalue weighted by Crippen LogP contribution is -2.38. The Morgan fingerprint density at radius 3 is 2.79 bits per heavy atom. The van der Waals surface area contributed by atoms with E-state index in [0.29, 0.717) is 6.54 Å². The van der Waals surface area contributed by atoms with Crippen molar-refractivity contribution in [2.24, 2.45) is 0 Å². The number of benzene rings is 1. The highest BCUT2D eigenvalue weighted by atomic mass is 19.1. The topological polar surface area (TPSA) is 41.1 Å². The van der Waals surface area contributed by atoms with Gasteiger partial charge in [-0.3, -0.25) is 4.79 Å². The number of carbonyl (C=O) groups is 1. The van der Waals surface area contributed by atoms with Gasteiger partial charge in [-0.2, -0.15) is 0 Å². The molecule has 1 aromatic carbocycles. The van der Waals surface area contributed by atoms with E-state index in [1.165, 1.54) is 0 Å². The van der Waals surface area contributed by atoms with Crippen LogP contribution in [0.3, 0.4) is 0 Å². The van der Waals surface area contributed by atoms with Gasteiger partial charge in [-0.15, -0.1) is 0 Å². The zero-order valence-corrected chi connectivity index (χ0v) is 11.3. The van der Waals surface area contributed by atoms with Crippen LogP contribution in [0.25, 0.3) is 0 Å². The first-order chi connectivity index (χ1) is 9.02. The van der Waals surface area contributed by atoms with E-state index < -0.39 is 11.6 Å². The van der Waals surface area contributed by atoms with Crippen LogP contribution in [0.1, 0.15) is 25.8 Å². The van der Waals surface area contributed by atoms with Crippen molar-refractivity contribution in [3.63, 3.8) is 0 Å². The van der Waals surface area contributed by atoms with Crippen molar-refractivity contribution in [3.05, 3.63) is 35.4 Å². The molecule has 1 rings (SSSR count). The van der Waals surface area contributed by atoms with Crippen molar-refractivity contribution in [3.8, 4) is 0 Å². The molecule has 19 heavy (non-hydrogen) atoms. The molecule has 0 unspecified atom stereocenters. The molecule has 1 amide bonds. The second-order valence-corrected chi connectivity index (χ2v) is 4.50. The Labute approximate surface area is 112 Å². The molecular weight excluding hydrogens is 250 g/mol. The van der Waals surface area contributed by atoms with Gasteiger partial charge in [0.05, 0.1) is 0 Å². The highest BCUT2D eigenvalue weighted by molar-refractivity contribution is 5.76. The molecule has 3 nitrogen and oxygen atoms in total. The highest BCUT2D eigenvalue weighted by Gasteiger charge is 2.08. The fourth-order valence-electron chi connectivity index (χ4n) is 1.76. The number of nitrogens with one attached hydrogen (secondary N) is 2. The highest BCUT2D eigenvalue weighted by Crippen LogP contribution is 2.11. The Morgan fingerprint density at radius 2 is 2.11 bits per heavy atom. The lowest BCUT2D eigenvalue weighted by molar-refractivity contribution is -0.121. The fraction of sp³-hybridized carbons (Fsp3) is 0.500. The Hall–Kier alpha value is -1.49. The normalized spacial score (nSPS) is 12.2. The molecule has 0 aromatic heterocycles. The van der Waals surface area contributed by atoms with Crippen LogP contribution in [0, 0.1) is 11.6 Å². The standard InChI is InChI=1S/C14H20F2N2O/c1-3-17-10(2)9-18-14(19)7-4-11-8-12(15)5-6-13(11)16/h5-6,8,10,17H,3-4,7,9H2,1-2H3,(H,18,19)/t10-/m1/s1. The number of amides is 1. The van der Waals surface area contributed by atoms with Crippen LogP contribution < -0.4 is 10.6 Å². The number of hydrogen-bond donors (Lipinski definition) is 2. The molecule has 0 heterocycles. The first kappa shape index (κ1) is 15.6. The maximum absolute atomic E-state index is 13.3. The molecule has 0 radical (unpaired) electrons. The van der Waals surface area contributed by atoms with E-state index in [4.69, 9.17) is 0 Å². The van der Waals surface area contributed by atoms with Gasteiger partial charge in [0.2, 0.25) is 5.91 Å². The van der Waals surface area contributed by atoms with Crippen molar-refractivity contribution in [1.29, 1.82) is 0 Å². The minimum atomic E-state index is -0.488. The van der Waals surface area contributed by atoms with Crippen molar-refractivity contribution < 1.29 is 13.6 Å². The number of carbonyl (C=O) groups excluding carboxylic acids is 1. The van der Waals surface area contributed by atoms with Gasteiger partial charge in [0, 0.05) is 19.0 Å². The molecule has 0 aliphatic carbocycles. The summed E-state index contributed by atoms with van der Waals surface area (Å²) in [4.78, 5) is 11.6. The lowest BCUT2D eigenvalue weighted by Gasteiger charge is -2.13. The number of halogens is 2. The molecule has 1 aromatic rings. The average Bonchev–Trinajstić information content (AvgIpc) is 2.38. The monoisotopic (exact) mass is 270 g/mol. The van der Waals surface area contributed by atoms with Crippen LogP contribution in [0.2, 0.25) is 0 Å². The maximum Gasteiger partial charge on any atom is 0.220 e. The van der Waals surface area contributed by atoms with Gasteiger partial charge < -0.3 is 10.6 Å². The van der Waals surface area contributed by atoms with Crippen LogP contribution in [0.5, 0.6) is 0 Å². The van der Waals surface area contributed by atoms with Crippen LogP contribution in [0.15, 0.2) is 18.2 Å². The van der Waals surface area contributed by atoms with Gasteiger partial charge in [0.25, 0.3) is 0 Å². The van der Waals surface area contributed by atoms with Crippen LogP contribution in [0.4, 0.5) is 8.78 Å². The van der Waals surface area contributed by atoms with E-state index in [2.05, 4.69) is 10.6 Å². The summed E-state index contributed by atoms with van der Waals surface area (Å²) < 4.78 is 26.3. The van der Waals surface area contributed by atoms with Gasteiger partial charge in [0.15, 0.2) is 0 Å². The first-order valence-corrected chi connectivity index (χ1v) is 6.47. The van der Waals surface area contributed by atoms with Crippen LogP contribution in [-0.4, -0.2) is 25.0 Å². The largest absolute Gasteiger partial charge is 0.355 e. The van der Waals surface area contributed by atoms with Crippen LogP contribution >= 0.6 is 0 Å². The summed E-state index contributed by atoms with van der Waals surface area (Å²) in [6.45, 7) is 5.32. The van der Waals surface area contributed by atoms with Gasteiger partial charge in [-0.25, -0.2) is 8.78 Å². The van der Waals surface area contributed by atoms with Crippen molar-refractivity contribution in [1.82, 2.24) is 10.6 Å². The number of likely N-dealkylation sites (N-methyl/N-ethyl adjacent to an activating group) is 1. The zero-order valence-electron chi connectivity index (χ0n) is 11.3. The third-order valence-corrected chi connectivity index (χ3v) is 2.79. The number of rotatable bonds is 7. The minimum Gasteiger partial charge on any atom is -0.355 e. The van der Waals surface area contributed by atoms with E-state index >= 15 is 0 Å². The second-order valence-electron chi connectivity index (χ2n) is 4.50. The molecule has 5 heteroatoms. The summed E-state index contributed by atoms with van der Waals surface area (Å²) in [7, 11) is 0. The van der Waals surface area contributed by atoms with Gasteiger partial charge in [0.1, 0.15) is 11.6 Å². The summed E-state index contributed by atoms with van der Waals surface area (Å²) in [5, 5.41) is 5.92. The Balaban J connectivity index is 2.35. The third kappa shape index (κ3) is 5.79. The van der Waals surface area contributed by atoms with E-state index in [-0.39, 0.29) is 30.4 Å². The summed E-state index contributed by atoms with van der Waals surface area (Å²) >= 11 is 0. The lowest BCUT2D eigenvalue weighted by atomic mass is 10.1. The molecule has 0 aliphatic rings.